The average molecular weight is 588 g/mol. The quantitative estimate of drug-likeness (QED) is 0.260. The third kappa shape index (κ3) is 4.61. The molecule has 1 aromatic carbocycles. The Hall–Kier alpha value is -4.00. The van der Waals surface area contributed by atoms with Gasteiger partial charge in [-0.05, 0) is 43.8 Å². The van der Waals surface area contributed by atoms with Gasteiger partial charge in [-0.1, -0.05) is 55.2 Å². The zero-order valence-electron chi connectivity index (χ0n) is 23.0. The molecule has 2 fully saturated rings. The van der Waals surface area contributed by atoms with E-state index in [1.165, 1.54) is 14.0 Å². The van der Waals surface area contributed by atoms with Gasteiger partial charge in [0, 0.05) is 39.4 Å². The SMILES string of the molecule is CCN1CCN(c2nc3ccccn3c(=O)c2C=C2SC(=S)N(c3c(C)n(C)n(-c4ccccc4)c3=O)C2=O)CC1. The second kappa shape index (κ2) is 10.8. The standard InChI is InChI=1S/C29H29N7O3S2/c1-4-32-14-16-33(17-15-32)25-21(26(37)34-13-9-8-12-23(34)30-25)18-22-27(38)35(29(40)41-22)24-19(2)31(3)36(28(24)39)20-10-6-5-7-11-20/h5-13,18H,4,14-17H2,1-3H3. The number of amides is 1. The second-order valence-electron chi connectivity index (χ2n) is 9.93. The number of hydrogen-bond donors (Lipinski definition) is 0. The summed E-state index contributed by atoms with van der Waals surface area (Å²) in [6, 6.07) is 14.6. The number of pyridine rings is 1. The molecule has 0 saturated carbocycles. The first-order valence-corrected chi connectivity index (χ1v) is 14.6. The Morgan fingerprint density at radius 1 is 0.976 bits per heavy atom. The number of nitrogens with zero attached hydrogens (tertiary/aromatic N) is 7. The van der Waals surface area contributed by atoms with E-state index in [0.29, 0.717) is 41.5 Å². The summed E-state index contributed by atoms with van der Waals surface area (Å²) in [6.07, 6.45) is 3.26. The van der Waals surface area contributed by atoms with E-state index in [4.69, 9.17) is 17.2 Å². The number of likely N-dealkylation sites (N-methyl/N-ethyl adjacent to an activating group) is 1. The number of thioether (sulfide) groups is 1. The van der Waals surface area contributed by atoms with Crippen molar-refractivity contribution >= 4 is 57.4 Å². The predicted molar refractivity (Wildman–Crippen MR) is 167 cm³/mol. The van der Waals surface area contributed by atoms with E-state index >= 15 is 0 Å². The van der Waals surface area contributed by atoms with Crippen molar-refractivity contribution in [3.05, 3.63) is 91.6 Å². The first-order valence-electron chi connectivity index (χ1n) is 13.4. The number of para-hydroxylation sites is 1. The molecule has 0 aliphatic carbocycles. The summed E-state index contributed by atoms with van der Waals surface area (Å²) < 4.78 is 4.95. The van der Waals surface area contributed by atoms with Crippen LogP contribution in [0, 0.1) is 6.92 Å². The van der Waals surface area contributed by atoms with Crippen molar-refractivity contribution < 1.29 is 4.79 Å². The summed E-state index contributed by atoms with van der Waals surface area (Å²) in [5, 5.41) is 0. The molecule has 41 heavy (non-hydrogen) atoms. The summed E-state index contributed by atoms with van der Waals surface area (Å²) in [5.74, 6) is 0.106. The van der Waals surface area contributed by atoms with E-state index in [-0.39, 0.29) is 26.0 Å². The summed E-state index contributed by atoms with van der Waals surface area (Å²) in [5.41, 5.74) is 1.72. The number of aromatic nitrogens is 4. The highest BCUT2D eigenvalue weighted by molar-refractivity contribution is 8.27. The fourth-order valence-corrected chi connectivity index (χ4v) is 6.59. The zero-order chi connectivity index (χ0) is 28.8. The lowest BCUT2D eigenvalue weighted by Gasteiger charge is -2.35. The molecule has 0 N–H and O–H groups in total. The maximum absolute atomic E-state index is 13.9. The van der Waals surface area contributed by atoms with Gasteiger partial charge in [0.25, 0.3) is 17.0 Å². The van der Waals surface area contributed by atoms with Gasteiger partial charge in [-0.15, -0.1) is 0 Å². The van der Waals surface area contributed by atoms with E-state index < -0.39 is 5.91 Å². The Balaban J connectivity index is 1.44. The minimum Gasteiger partial charge on any atom is -0.353 e. The summed E-state index contributed by atoms with van der Waals surface area (Å²) in [6.45, 7) is 8.02. The Labute approximate surface area is 246 Å². The van der Waals surface area contributed by atoms with Crippen LogP contribution in [-0.4, -0.2) is 66.6 Å². The van der Waals surface area contributed by atoms with Crippen LogP contribution in [0.4, 0.5) is 11.5 Å². The monoisotopic (exact) mass is 587 g/mol. The van der Waals surface area contributed by atoms with Gasteiger partial charge in [-0.2, -0.15) is 0 Å². The van der Waals surface area contributed by atoms with Gasteiger partial charge in [0.05, 0.1) is 21.8 Å². The highest BCUT2D eigenvalue weighted by atomic mass is 32.2. The lowest BCUT2D eigenvalue weighted by atomic mass is 10.2. The van der Waals surface area contributed by atoms with Crippen molar-refractivity contribution in [1.29, 1.82) is 0 Å². The maximum atomic E-state index is 13.9. The number of hydrogen-bond acceptors (Lipinski definition) is 8. The maximum Gasteiger partial charge on any atom is 0.296 e. The van der Waals surface area contributed by atoms with Crippen molar-refractivity contribution in [2.24, 2.45) is 7.05 Å². The van der Waals surface area contributed by atoms with Gasteiger partial charge >= 0.3 is 0 Å². The van der Waals surface area contributed by atoms with Crippen LogP contribution in [0.2, 0.25) is 0 Å². The van der Waals surface area contributed by atoms with Crippen LogP contribution >= 0.6 is 24.0 Å². The molecule has 3 aromatic heterocycles. The minimum absolute atomic E-state index is 0.200. The van der Waals surface area contributed by atoms with Gasteiger partial charge in [-0.3, -0.25) is 28.4 Å². The fourth-order valence-electron chi connectivity index (χ4n) is 5.34. The van der Waals surface area contributed by atoms with Gasteiger partial charge in [0.2, 0.25) is 0 Å². The van der Waals surface area contributed by atoms with Gasteiger partial charge in [-0.25, -0.2) is 9.67 Å². The van der Waals surface area contributed by atoms with E-state index in [1.807, 2.05) is 36.4 Å². The summed E-state index contributed by atoms with van der Waals surface area (Å²) >= 11 is 6.71. The molecular weight excluding hydrogens is 558 g/mol. The highest BCUT2D eigenvalue weighted by Gasteiger charge is 2.38. The number of rotatable bonds is 5. The van der Waals surface area contributed by atoms with Gasteiger partial charge < -0.3 is 9.80 Å². The van der Waals surface area contributed by atoms with Crippen LogP contribution in [-0.2, 0) is 11.8 Å². The van der Waals surface area contributed by atoms with E-state index in [2.05, 4.69) is 16.7 Å². The molecule has 210 valence electrons. The van der Waals surface area contributed by atoms with Crippen molar-refractivity contribution in [2.75, 3.05) is 42.5 Å². The van der Waals surface area contributed by atoms with Crippen LogP contribution in [0.15, 0.2) is 69.2 Å². The summed E-state index contributed by atoms with van der Waals surface area (Å²) in [7, 11) is 1.77. The molecule has 6 rings (SSSR count). The molecule has 12 heteroatoms. The number of anilines is 2. The average Bonchev–Trinajstić information content (AvgIpc) is 3.39. The third-order valence-electron chi connectivity index (χ3n) is 7.68. The Morgan fingerprint density at radius 2 is 1.68 bits per heavy atom. The molecular formula is C29H29N7O3S2. The molecule has 4 aromatic rings. The van der Waals surface area contributed by atoms with E-state index in [9.17, 15) is 14.4 Å². The topological polar surface area (TPSA) is 88.1 Å². The molecule has 2 saturated heterocycles. The molecule has 0 spiro atoms. The molecule has 2 aliphatic heterocycles. The largest absolute Gasteiger partial charge is 0.353 e. The van der Waals surface area contributed by atoms with Crippen molar-refractivity contribution in [3.8, 4) is 5.69 Å². The number of carbonyl (C=O) groups excluding carboxylic acids is 1. The molecule has 10 nitrogen and oxygen atoms in total. The van der Waals surface area contributed by atoms with Crippen molar-refractivity contribution in [2.45, 2.75) is 13.8 Å². The Morgan fingerprint density at radius 3 is 2.39 bits per heavy atom. The molecule has 5 heterocycles. The molecule has 0 radical (unpaired) electrons. The first kappa shape index (κ1) is 27.2. The van der Waals surface area contributed by atoms with Crippen LogP contribution in [0.3, 0.4) is 0 Å². The molecule has 0 atom stereocenters. The van der Waals surface area contributed by atoms with Crippen LogP contribution in [0.1, 0.15) is 18.2 Å². The molecule has 0 unspecified atom stereocenters. The number of fused-ring (bicyclic) bond motifs is 1. The Bertz CT molecular complexity index is 1830. The number of thiocarbonyl (C=S) groups is 1. The smallest absolute Gasteiger partial charge is 0.296 e. The molecule has 2 aliphatic rings. The minimum atomic E-state index is -0.440. The zero-order valence-corrected chi connectivity index (χ0v) is 24.6. The number of benzene rings is 1. The first-order chi connectivity index (χ1) is 19.8. The van der Waals surface area contributed by atoms with Crippen molar-refractivity contribution in [1.82, 2.24) is 23.6 Å². The number of piperazine rings is 1. The summed E-state index contributed by atoms with van der Waals surface area (Å²) in [4.78, 5) is 52.2. The fraction of sp³-hybridized carbons (Fsp3) is 0.276. The van der Waals surface area contributed by atoms with Crippen LogP contribution < -0.4 is 20.9 Å². The molecule has 1 amide bonds. The van der Waals surface area contributed by atoms with Crippen LogP contribution in [0.5, 0.6) is 0 Å². The van der Waals surface area contributed by atoms with Gasteiger partial charge in [0.15, 0.2) is 4.32 Å². The lowest BCUT2D eigenvalue weighted by Crippen LogP contribution is -2.47. The Kier molecular flexibility index (Phi) is 7.14. The lowest BCUT2D eigenvalue weighted by molar-refractivity contribution is -0.113. The normalized spacial score (nSPS) is 17.4. The second-order valence-corrected chi connectivity index (χ2v) is 11.6. The third-order valence-corrected chi connectivity index (χ3v) is 8.99. The van der Waals surface area contributed by atoms with Crippen molar-refractivity contribution in [3.63, 3.8) is 0 Å². The predicted octanol–water partition coefficient (Wildman–Crippen LogP) is 3.04. The highest BCUT2D eigenvalue weighted by Crippen LogP contribution is 2.37. The number of carbonyl (C=O) groups is 1. The van der Waals surface area contributed by atoms with E-state index in [1.54, 1.807) is 43.1 Å². The molecule has 0 bridgehead atoms. The van der Waals surface area contributed by atoms with Crippen LogP contribution in [0.25, 0.3) is 17.4 Å². The van der Waals surface area contributed by atoms with E-state index in [0.717, 1.165) is 31.4 Å². The van der Waals surface area contributed by atoms with Gasteiger partial charge in [0.1, 0.15) is 17.2 Å².